The summed E-state index contributed by atoms with van der Waals surface area (Å²) in [5.74, 6) is 0.266. The highest BCUT2D eigenvalue weighted by molar-refractivity contribution is 6.30. The molecule has 0 aromatic heterocycles. The second-order valence-electron chi connectivity index (χ2n) is 6.80. The van der Waals surface area contributed by atoms with Crippen LogP contribution in [-0.2, 0) is 11.2 Å². The molecular weight excluding hydrogens is 332 g/mol. The van der Waals surface area contributed by atoms with Crippen LogP contribution in [-0.4, -0.2) is 11.6 Å². The molecule has 0 spiro atoms. The van der Waals surface area contributed by atoms with E-state index in [1.807, 2.05) is 48.5 Å². The molecule has 1 saturated carbocycles. The van der Waals surface area contributed by atoms with Crippen molar-refractivity contribution in [2.45, 2.75) is 44.9 Å². The lowest BCUT2D eigenvalue weighted by atomic mass is 9.80. The largest absolute Gasteiger partial charge is 0.299 e. The van der Waals surface area contributed by atoms with Crippen LogP contribution in [0.1, 0.15) is 60.0 Å². The predicted octanol–water partition coefficient (Wildman–Crippen LogP) is 5.63. The summed E-state index contributed by atoms with van der Waals surface area (Å²) in [6.07, 6.45) is 3.75. The van der Waals surface area contributed by atoms with Gasteiger partial charge < -0.3 is 0 Å². The summed E-state index contributed by atoms with van der Waals surface area (Å²) in [6, 6.07) is 15.4. The Balaban J connectivity index is 1.84. The number of carbonyl (C=O) groups is 2. The Hall–Kier alpha value is -1.93. The van der Waals surface area contributed by atoms with E-state index in [1.165, 1.54) is 5.56 Å². The molecule has 0 amide bonds. The Morgan fingerprint density at radius 1 is 1.12 bits per heavy atom. The third kappa shape index (κ3) is 4.19. The molecule has 0 bridgehead atoms. The smallest absolute Gasteiger partial charge is 0.163 e. The van der Waals surface area contributed by atoms with Gasteiger partial charge in [-0.05, 0) is 42.5 Å². The molecule has 130 valence electrons. The van der Waals surface area contributed by atoms with E-state index in [2.05, 4.69) is 6.92 Å². The number of rotatable bonds is 6. The monoisotopic (exact) mass is 354 g/mol. The highest BCUT2D eigenvalue weighted by Gasteiger charge is 2.34. The second kappa shape index (κ2) is 7.97. The molecule has 3 rings (SSSR count). The van der Waals surface area contributed by atoms with Gasteiger partial charge in [0.05, 0.1) is 0 Å². The normalized spacial score (nSPS) is 18.3. The van der Waals surface area contributed by atoms with Gasteiger partial charge in [0.15, 0.2) is 5.78 Å². The third-order valence-electron chi connectivity index (χ3n) is 5.23. The van der Waals surface area contributed by atoms with E-state index in [-0.39, 0.29) is 23.4 Å². The standard InChI is InChI=1S/C22H23ClO2/c1-2-15-6-8-17(9-7-15)22(25)14-20(19-4-3-5-21(19)24)16-10-12-18(23)13-11-16/h6-13,19-20H,2-5,14H2,1H3. The van der Waals surface area contributed by atoms with Crippen LogP contribution in [0.4, 0.5) is 0 Å². The first-order valence-electron chi connectivity index (χ1n) is 8.98. The SMILES string of the molecule is CCc1ccc(C(=O)CC(c2ccc(Cl)cc2)C2CCCC2=O)cc1. The van der Waals surface area contributed by atoms with E-state index < -0.39 is 0 Å². The number of halogens is 1. The van der Waals surface area contributed by atoms with Gasteiger partial charge in [-0.3, -0.25) is 9.59 Å². The fraction of sp³-hybridized carbons (Fsp3) is 0.364. The van der Waals surface area contributed by atoms with Gasteiger partial charge in [-0.25, -0.2) is 0 Å². The van der Waals surface area contributed by atoms with Crippen LogP contribution in [0.2, 0.25) is 5.02 Å². The van der Waals surface area contributed by atoms with Crippen molar-refractivity contribution in [2.24, 2.45) is 5.92 Å². The third-order valence-corrected chi connectivity index (χ3v) is 5.48. The van der Waals surface area contributed by atoms with E-state index >= 15 is 0 Å². The van der Waals surface area contributed by atoms with Gasteiger partial charge in [0.1, 0.15) is 5.78 Å². The van der Waals surface area contributed by atoms with Crippen molar-refractivity contribution >= 4 is 23.2 Å². The summed E-state index contributed by atoms with van der Waals surface area (Å²) >= 11 is 6.00. The van der Waals surface area contributed by atoms with E-state index in [1.54, 1.807) is 0 Å². The van der Waals surface area contributed by atoms with Crippen molar-refractivity contribution in [3.8, 4) is 0 Å². The van der Waals surface area contributed by atoms with Crippen LogP contribution in [0.3, 0.4) is 0 Å². The van der Waals surface area contributed by atoms with Crippen molar-refractivity contribution in [3.05, 3.63) is 70.2 Å². The second-order valence-corrected chi connectivity index (χ2v) is 7.24. The number of ketones is 2. The van der Waals surface area contributed by atoms with Crippen molar-refractivity contribution in [1.29, 1.82) is 0 Å². The molecule has 3 heteroatoms. The van der Waals surface area contributed by atoms with Crippen LogP contribution < -0.4 is 0 Å². The lowest BCUT2D eigenvalue weighted by Crippen LogP contribution is -2.20. The zero-order chi connectivity index (χ0) is 17.8. The zero-order valence-corrected chi connectivity index (χ0v) is 15.3. The Kier molecular flexibility index (Phi) is 5.70. The van der Waals surface area contributed by atoms with Crippen molar-refractivity contribution in [3.63, 3.8) is 0 Å². The molecule has 2 aromatic carbocycles. The average Bonchev–Trinajstić information content (AvgIpc) is 3.06. The molecule has 0 N–H and O–H groups in total. The van der Waals surface area contributed by atoms with E-state index in [9.17, 15) is 9.59 Å². The van der Waals surface area contributed by atoms with Crippen LogP contribution >= 0.6 is 11.6 Å². The van der Waals surface area contributed by atoms with Crippen molar-refractivity contribution in [2.75, 3.05) is 0 Å². The van der Waals surface area contributed by atoms with Gasteiger partial charge >= 0.3 is 0 Å². The lowest BCUT2D eigenvalue weighted by Gasteiger charge is -2.22. The maximum atomic E-state index is 12.8. The summed E-state index contributed by atoms with van der Waals surface area (Å²) in [7, 11) is 0. The molecule has 2 unspecified atom stereocenters. The van der Waals surface area contributed by atoms with Gasteiger partial charge in [-0.1, -0.05) is 54.9 Å². The number of aryl methyl sites for hydroxylation is 1. The maximum Gasteiger partial charge on any atom is 0.163 e. The minimum Gasteiger partial charge on any atom is -0.299 e. The molecule has 2 atom stereocenters. The fourth-order valence-electron chi connectivity index (χ4n) is 3.71. The first-order chi connectivity index (χ1) is 12.1. The number of hydrogen-bond acceptors (Lipinski definition) is 2. The van der Waals surface area contributed by atoms with Crippen molar-refractivity contribution < 1.29 is 9.59 Å². The molecule has 1 aliphatic rings. The Labute approximate surface area is 154 Å². The molecule has 0 saturated heterocycles. The molecule has 1 aliphatic carbocycles. The quantitative estimate of drug-likeness (QED) is 0.630. The molecule has 0 heterocycles. The number of benzene rings is 2. The summed E-state index contributed by atoms with van der Waals surface area (Å²) in [5.41, 5.74) is 2.97. The first-order valence-corrected chi connectivity index (χ1v) is 9.36. The Morgan fingerprint density at radius 3 is 2.36 bits per heavy atom. The maximum absolute atomic E-state index is 12.8. The van der Waals surface area contributed by atoms with Crippen LogP contribution in [0, 0.1) is 5.92 Å². The summed E-state index contributed by atoms with van der Waals surface area (Å²) < 4.78 is 0. The average molecular weight is 355 g/mol. The topological polar surface area (TPSA) is 34.1 Å². The molecule has 0 radical (unpaired) electrons. The molecular formula is C22H23ClO2. The zero-order valence-electron chi connectivity index (χ0n) is 14.5. The van der Waals surface area contributed by atoms with Crippen LogP contribution in [0.5, 0.6) is 0 Å². The lowest BCUT2D eigenvalue weighted by molar-refractivity contribution is -0.121. The molecule has 1 fully saturated rings. The Morgan fingerprint density at radius 2 is 1.80 bits per heavy atom. The molecule has 2 aromatic rings. The number of carbonyl (C=O) groups excluding carboxylic acids is 2. The van der Waals surface area contributed by atoms with Gasteiger partial charge in [-0.2, -0.15) is 0 Å². The van der Waals surface area contributed by atoms with Crippen LogP contribution in [0.15, 0.2) is 48.5 Å². The molecule has 2 nitrogen and oxygen atoms in total. The van der Waals surface area contributed by atoms with Gasteiger partial charge in [-0.15, -0.1) is 0 Å². The van der Waals surface area contributed by atoms with Gasteiger partial charge in [0.2, 0.25) is 0 Å². The molecule has 0 aliphatic heterocycles. The minimum atomic E-state index is -0.0642. The number of Topliss-reactive ketones (excluding diaryl/α,β-unsaturated/α-hetero) is 2. The summed E-state index contributed by atoms with van der Waals surface area (Å²) in [5, 5.41) is 0.668. The van der Waals surface area contributed by atoms with E-state index in [0.29, 0.717) is 17.9 Å². The Bertz CT molecular complexity index is 747. The number of hydrogen-bond donors (Lipinski definition) is 0. The van der Waals surface area contributed by atoms with Crippen LogP contribution in [0.25, 0.3) is 0 Å². The minimum absolute atomic E-state index is 0.0555. The van der Waals surface area contributed by atoms with Crippen molar-refractivity contribution in [1.82, 2.24) is 0 Å². The highest BCUT2D eigenvalue weighted by atomic mass is 35.5. The summed E-state index contributed by atoms with van der Waals surface area (Å²) in [6.45, 7) is 2.10. The highest BCUT2D eigenvalue weighted by Crippen LogP contribution is 2.38. The first kappa shape index (κ1) is 17.9. The molecule has 25 heavy (non-hydrogen) atoms. The fourth-order valence-corrected chi connectivity index (χ4v) is 3.84. The van der Waals surface area contributed by atoms with E-state index in [0.717, 1.165) is 30.4 Å². The predicted molar refractivity (Wildman–Crippen MR) is 101 cm³/mol. The summed E-state index contributed by atoms with van der Waals surface area (Å²) in [4.78, 5) is 25.1. The van der Waals surface area contributed by atoms with Gasteiger partial charge in [0.25, 0.3) is 0 Å². The van der Waals surface area contributed by atoms with Gasteiger partial charge in [0, 0.05) is 35.3 Å². The van der Waals surface area contributed by atoms with E-state index in [4.69, 9.17) is 11.6 Å².